The predicted octanol–water partition coefficient (Wildman–Crippen LogP) is 2.27. The first kappa shape index (κ1) is 17.3. The average molecular weight is 323 g/mol. The first-order chi connectivity index (χ1) is 11.5. The van der Waals surface area contributed by atoms with Gasteiger partial charge in [0.1, 0.15) is 5.70 Å². The Labute approximate surface area is 142 Å². The van der Waals surface area contributed by atoms with Crippen LogP contribution in [0.15, 0.2) is 60.3 Å². The lowest BCUT2D eigenvalue weighted by atomic mass is 10.1. The number of carbonyl (C=O) groups excluding carboxylic acids is 2. The van der Waals surface area contributed by atoms with E-state index < -0.39 is 0 Å². The molecule has 0 saturated carbocycles. The van der Waals surface area contributed by atoms with Crippen LogP contribution in [0.25, 0.3) is 6.08 Å². The molecule has 0 aliphatic carbocycles. The fourth-order valence-electron chi connectivity index (χ4n) is 2.11. The van der Waals surface area contributed by atoms with Crippen molar-refractivity contribution in [2.75, 3.05) is 26.0 Å². The Kier molecular flexibility index (Phi) is 5.73. The molecule has 2 aromatic carbocycles. The van der Waals surface area contributed by atoms with Crippen LogP contribution in [0.4, 0.5) is 5.69 Å². The fraction of sp³-hybridized carbons (Fsp3) is 0.158. The van der Waals surface area contributed by atoms with Crippen molar-refractivity contribution in [3.8, 4) is 0 Å². The van der Waals surface area contributed by atoms with Gasteiger partial charge in [0.05, 0.1) is 0 Å². The predicted molar refractivity (Wildman–Crippen MR) is 96.7 cm³/mol. The Morgan fingerprint density at radius 1 is 0.958 bits per heavy atom. The lowest BCUT2D eigenvalue weighted by Crippen LogP contribution is -2.33. The summed E-state index contributed by atoms with van der Waals surface area (Å²) in [5, 5.41) is 5.21. The summed E-state index contributed by atoms with van der Waals surface area (Å²) in [6.07, 6.45) is 1.65. The average Bonchev–Trinajstić information content (AvgIpc) is 2.61. The van der Waals surface area contributed by atoms with Gasteiger partial charge in [-0.3, -0.25) is 9.59 Å². The number of rotatable bonds is 5. The Balaban J connectivity index is 2.24. The number of hydrogen-bond acceptors (Lipinski definition) is 3. The molecule has 0 saturated heterocycles. The Morgan fingerprint density at radius 2 is 1.58 bits per heavy atom. The van der Waals surface area contributed by atoms with E-state index in [4.69, 9.17) is 0 Å². The van der Waals surface area contributed by atoms with Gasteiger partial charge in [-0.1, -0.05) is 30.3 Å². The zero-order valence-corrected chi connectivity index (χ0v) is 14.0. The number of anilines is 1. The lowest BCUT2D eigenvalue weighted by molar-refractivity contribution is -0.117. The normalized spacial score (nSPS) is 10.9. The summed E-state index contributed by atoms with van der Waals surface area (Å²) in [6.45, 7) is 0. The summed E-state index contributed by atoms with van der Waals surface area (Å²) < 4.78 is 0. The number of hydrogen-bond donors (Lipinski definition) is 2. The van der Waals surface area contributed by atoms with E-state index >= 15 is 0 Å². The molecule has 0 aliphatic heterocycles. The summed E-state index contributed by atoms with van der Waals surface area (Å²) in [7, 11) is 5.45. The highest BCUT2D eigenvalue weighted by molar-refractivity contribution is 6.05. The molecule has 5 nitrogen and oxygen atoms in total. The maximum atomic E-state index is 12.3. The van der Waals surface area contributed by atoms with Gasteiger partial charge >= 0.3 is 0 Å². The maximum Gasteiger partial charge on any atom is 0.267 e. The molecule has 0 heterocycles. The van der Waals surface area contributed by atoms with Crippen molar-refractivity contribution in [1.29, 1.82) is 0 Å². The minimum atomic E-state index is -0.351. The van der Waals surface area contributed by atoms with Gasteiger partial charge in [-0.15, -0.1) is 0 Å². The quantitative estimate of drug-likeness (QED) is 0.830. The van der Waals surface area contributed by atoms with Crippen LogP contribution in [0.3, 0.4) is 0 Å². The van der Waals surface area contributed by atoms with Crippen molar-refractivity contribution in [3.63, 3.8) is 0 Å². The number of nitrogens with one attached hydrogen (secondary N) is 2. The van der Waals surface area contributed by atoms with E-state index in [-0.39, 0.29) is 17.5 Å². The zero-order valence-electron chi connectivity index (χ0n) is 14.0. The van der Waals surface area contributed by atoms with Gasteiger partial charge in [0.25, 0.3) is 11.8 Å². The molecule has 0 atom stereocenters. The van der Waals surface area contributed by atoms with Crippen molar-refractivity contribution >= 4 is 23.6 Å². The fourth-order valence-corrected chi connectivity index (χ4v) is 2.11. The molecule has 2 rings (SSSR count). The largest absolute Gasteiger partial charge is 0.378 e. The smallest absolute Gasteiger partial charge is 0.267 e. The summed E-state index contributed by atoms with van der Waals surface area (Å²) in [6, 6.07) is 16.5. The molecule has 2 amide bonds. The maximum absolute atomic E-state index is 12.3. The number of carbonyl (C=O) groups is 2. The van der Waals surface area contributed by atoms with E-state index in [0.29, 0.717) is 5.56 Å². The highest BCUT2D eigenvalue weighted by Crippen LogP contribution is 2.14. The highest BCUT2D eigenvalue weighted by Gasteiger charge is 2.13. The van der Waals surface area contributed by atoms with Gasteiger partial charge < -0.3 is 15.5 Å². The molecule has 0 spiro atoms. The third kappa shape index (κ3) is 4.46. The third-order valence-electron chi connectivity index (χ3n) is 3.48. The van der Waals surface area contributed by atoms with Crippen LogP contribution in [-0.4, -0.2) is 33.0 Å². The molecule has 124 valence electrons. The van der Waals surface area contributed by atoms with Gasteiger partial charge in [-0.25, -0.2) is 0 Å². The third-order valence-corrected chi connectivity index (χ3v) is 3.48. The summed E-state index contributed by atoms with van der Waals surface area (Å²) in [5.74, 6) is -0.675. The van der Waals surface area contributed by atoms with Crippen molar-refractivity contribution in [1.82, 2.24) is 10.6 Å². The number of benzene rings is 2. The standard InChI is InChI=1S/C19H21N3O2/c1-20-19(24)17(21-18(23)15-7-5-4-6-8-15)13-14-9-11-16(12-10-14)22(2)3/h4-13H,1-3H3,(H,20,24)(H,21,23). The molecule has 24 heavy (non-hydrogen) atoms. The minimum absolute atomic E-state index is 0.198. The van der Waals surface area contributed by atoms with E-state index in [1.54, 1.807) is 30.3 Å². The highest BCUT2D eigenvalue weighted by atomic mass is 16.2. The van der Waals surface area contributed by atoms with Crippen LogP contribution in [0.1, 0.15) is 15.9 Å². The van der Waals surface area contributed by atoms with Crippen LogP contribution >= 0.6 is 0 Å². The first-order valence-corrected chi connectivity index (χ1v) is 7.59. The van der Waals surface area contributed by atoms with Crippen molar-refractivity contribution in [3.05, 3.63) is 71.4 Å². The number of amides is 2. The first-order valence-electron chi connectivity index (χ1n) is 7.59. The molecule has 0 unspecified atom stereocenters. The van der Waals surface area contributed by atoms with Crippen LogP contribution < -0.4 is 15.5 Å². The minimum Gasteiger partial charge on any atom is -0.378 e. The topological polar surface area (TPSA) is 61.4 Å². The van der Waals surface area contributed by atoms with Crippen molar-refractivity contribution < 1.29 is 9.59 Å². The second-order valence-electron chi connectivity index (χ2n) is 5.44. The molecule has 0 fully saturated rings. The Hall–Kier alpha value is -3.08. The SMILES string of the molecule is CNC(=O)C(=Cc1ccc(N(C)C)cc1)NC(=O)c1ccccc1. The molecule has 0 aromatic heterocycles. The van der Waals surface area contributed by atoms with Crippen LogP contribution in [0, 0.1) is 0 Å². The molecule has 2 aromatic rings. The zero-order chi connectivity index (χ0) is 17.5. The molecule has 0 radical (unpaired) electrons. The van der Waals surface area contributed by atoms with E-state index in [1.165, 1.54) is 7.05 Å². The summed E-state index contributed by atoms with van der Waals surface area (Å²) in [4.78, 5) is 26.3. The van der Waals surface area contributed by atoms with Crippen molar-refractivity contribution in [2.45, 2.75) is 0 Å². The second kappa shape index (κ2) is 7.97. The summed E-state index contributed by atoms with van der Waals surface area (Å²) >= 11 is 0. The monoisotopic (exact) mass is 323 g/mol. The van der Waals surface area contributed by atoms with E-state index in [9.17, 15) is 9.59 Å². The molecule has 5 heteroatoms. The molecule has 2 N–H and O–H groups in total. The second-order valence-corrected chi connectivity index (χ2v) is 5.44. The van der Waals surface area contributed by atoms with Gasteiger partial charge in [0, 0.05) is 32.4 Å². The Morgan fingerprint density at radius 3 is 2.12 bits per heavy atom. The Bertz CT molecular complexity index is 735. The van der Waals surface area contributed by atoms with Gasteiger partial charge in [-0.2, -0.15) is 0 Å². The summed E-state index contributed by atoms with van der Waals surface area (Å²) in [5.41, 5.74) is 2.58. The number of nitrogens with zero attached hydrogens (tertiary/aromatic N) is 1. The molecular weight excluding hydrogens is 302 g/mol. The lowest BCUT2D eigenvalue weighted by Gasteiger charge is -2.12. The number of likely N-dealkylation sites (N-methyl/N-ethyl adjacent to an activating group) is 1. The van der Waals surface area contributed by atoms with Gasteiger partial charge in [-0.05, 0) is 35.9 Å². The van der Waals surface area contributed by atoms with Gasteiger partial charge in [0.2, 0.25) is 0 Å². The van der Waals surface area contributed by atoms with Crippen molar-refractivity contribution in [2.24, 2.45) is 0 Å². The van der Waals surface area contributed by atoms with Crippen LogP contribution in [0.5, 0.6) is 0 Å². The van der Waals surface area contributed by atoms with E-state index in [2.05, 4.69) is 10.6 Å². The molecule has 0 bridgehead atoms. The van der Waals surface area contributed by atoms with Crippen LogP contribution in [0.2, 0.25) is 0 Å². The molecular formula is C19H21N3O2. The van der Waals surface area contributed by atoms with Gasteiger partial charge in [0.15, 0.2) is 0 Å². The van der Waals surface area contributed by atoms with E-state index in [1.807, 2.05) is 49.3 Å². The van der Waals surface area contributed by atoms with E-state index in [0.717, 1.165) is 11.3 Å². The van der Waals surface area contributed by atoms with Crippen LogP contribution in [-0.2, 0) is 4.79 Å². The molecule has 0 aliphatic rings.